The van der Waals surface area contributed by atoms with Gasteiger partial charge in [-0.3, -0.25) is 19.0 Å². The lowest BCUT2D eigenvalue weighted by molar-refractivity contribution is -0.757. The number of carbonyl (C=O) groups is 3. The molecule has 0 saturated carbocycles. The number of rotatable bonds is 9. The topological polar surface area (TPSA) is 139 Å². The van der Waals surface area contributed by atoms with E-state index in [1.165, 1.54) is 11.7 Å². The Bertz CT molecular complexity index is 1290. The minimum absolute atomic E-state index is 0.224. The summed E-state index contributed by atoms with van der Waals surface area (Å²) >= 11 is 5.95. The lowest BCUT2D eigenvalue weighted by atomic mass is 9.95. The van der Waals surface area contributed by atoms with Crippen molar-refractivity contribution in [1.82, 2.24) is 9.88 Å². The number of aromatic nitrogens is 1. The molecule has 35 heavy (non-hydrogen) atoms. The number of esters is 1. The molecule has 0 aliphatic heterocycles. The zero-order valence-electron chi connectivity index (χ0n) is 19.1. The molecule has 0 aliphatic rings. The molecule has 1 unspecified atom stereocenters. The third-order valence-corrected chi connectivity index (χ3v) is 5.59. The second-order valence-electron chi connectivity index (χ2n) is 7.33. The summed E-state index contributed by atoms with van der Waals surface area (Å²) in [6.07, 6.45) is 0. The highest BCUT2D eigenvalue weighted by atomic mass is 35.5. The molecule has 0 spiro atoms. The first-order chi connectivity index (χ1) is 16.7. The van der Waals surface area contributed by atoms with E-state index < -0.39 is 35.4 Å². The van der Waals surface area contributed by atoms with Crippen LogP contribution in [0.15, 0.2) is 42.5 Å². The molecule has 0 saturated heterocycles. The SMILES string of the molecule is COC(=O)C(C(=O)NCCO[N+](=O)[O-])c1c(C)n(C(=O)c2ccc(Cl)cc2)c2ccc(OC)cc12. The molecule has 0 radical (unpaired) electrons. The summed E-state index contributed by atoms with van der Waals surface area (Å²) in [4.78, 5) is 53.8. The average Bonchev–Trinajstić information content (AvgIpc) is 3.12. The smallest absolute Gasteiger partial charge is 0.322 e. The van der Waals surface area contributed by atoms with Crippen LogP contribution in [0.2, 0.25) is 5.02 Å². The second-order valence-corrected chi connectivity index (χ2v) is 7.77. The van der Waals surface area contributed by atoms with Gasteiger partial charge in [0.15, 0.2) is 5.92 Å². The van der Waals surface area contributed by atoms with E-state index in [0.29, 0.717) is 32.9 Å². The summed E-state index contributed by atoms with van der Waals surface area (Å²) in [6, 6.07) is 11.2. The minimum atomic E-state index is -1.47. The van der Waals surface area contributed by atoms with Gasteiger partial charge in [-0.15, -0.1) is 10.1 Å². The van der Waals surface area contributed by atoms with E-state index in [1.54, 1.807) is 49.4 Å². The molecule has 3 rings (SSSR count). The first-order valence-electron chi connectivity index (χ1n) is 10.3. The normalized spacial score (nSPS) is 11.5. The standard InChI is InChI=1S/C23H22ClN3O8/c1-13-19(20(23(30)34-3)21(28)25-10-11-35-27(31)32)17-12-16(33-2)8-9-18(17)26(13)22(29)14-4-6-15(24)7-5-14/h4-9,12,20H,10-11H2,1-3H3,(H,25,28). The number of fused-ring (bicyclic) bond motifs is 1. The van der Waals surface area contributed by atoms with Crippen molar-refractivity contribution < 1.29 is 33.8 Å². The van der Waals surface area contributed by atoms with Crippen LogP contribution in [0.3, 0.4) is 0 Å². The lowest BCUT2D eigenvalue weighted by Gasteiger charge is -2.16. The summed E-state index contributed by atoms with van der Waals surface area (Å²) in [5.74, 6) is -3.07. The Kier molecular flexibility index (Phi) is 7.92. The molecule has 2 aromatic carbocycles. The van der Waals surface area contributed by atoms with Gasteiger partial charge in [-0.05, 0) is 49.4 Å². The van der Waals surface area contributed by atoms with Crippen LogP contribution in [0.1, 0.15) is 27.5 Å². The number of nitrogens with one attached hydrogen (secondary N) is 1. The fourth-order valence-electron chi connectivity index (χ4n) is 3.77. The Morgan fingerprint density at radius 3 is 2.43 bits per heavy atom. The van der Waals surface area contributed by atoms with Gasteiger partial charge in [0.2, 0.25) is 5.91 Å². The largest absolute Gasteiger partial charge is 0.497 e. The molecule has 184 valence electrons. The number of carbonyl (C=O) groups excluding carboxylic acids is 3. The van der Waals surface area contributed by atoms with E-state index in [-0.39, 0.29) is 12.1 Å². The first kappa shape index (κ1) is 25.5. The highest BCUT2D eigenvalue weighted by Gasteiger charge is 2.35. The van der Waals surface area contributed by atoms with E-state index in [1.807, 2.05) is 0 Å². The fraction of sp³-hybridized carbons (Fsp3) is 0.261. The van der Waals surface area contributed by atoms with Crippen LogP contribution in [-0.2, 0) is 19.2 Å². The number of hydrogen-bond donors (Lipinski definition) is 1. The number of benzene rings is 2. The third-order valence-electron chi connectivity index (χ3n) is 5.34. The number of ether oxygens (including phenoxy) is 2. The predicted octanol–water partition coefficient (Wildman–Crippen LogP) is 2.88. The van der Waals surface area contributed by atoms with Crippen LogP contribution in [0.5, 0.6) is 5.75 Å². The highest BCUT2D eigenvalue weighted by Crippen LogP contribution is 2.35. The number of amides is 1. The van der Waals surface area contributed by atoms with Gasteiger partial charge in [0.05, 0.1) is 19.7 Å². The molecule has 1 atom stereocenters. The Hall–Kier alpha value is -4.12. The molecule has 1 amide bonds. The van der Waals surface area contributed by atoms with Gasteiger partial charge in [0, 0.05) is 33.8 Å². The Balaban J connectivity index is 2.15. The molecular formula is C23H22ClN3O8. The van der Waals surface area contributed by atoms with E-state index >= 15 is 0 Å². The van der Waals surface area contributed by atoms with Crippen LogP contribution in [0, 0.1) is 17.0 Å². The molecule has 3 aromatic rings. The van der Waals surface area contributed by atoms with E-state index in [2.05, 4.69) is 10.2 Å². The average molecular weight is 504 g/mol. The van der Waals surface area contributed by atoms with Crippen molar-refractivity contribution in [1.29, 1.82) is 0 Å². The van der Waals surface area contributed by atoms with Crippen LogP contribution in [-0.4, -0.2) is 54.8 Å². The van der Waals surface area contributed by atoms with Crippen molar-refractivity contribution in [3.63, 3.8) is 0 Å². The van der Waals surface area contributed by atoms with Gasteiger partial charge in [0.1, 0.15) is 12.4 Å². The zero-order valence-corrected chi connectivity index (χ0v) is 19.8. The van der Waals surface area contributed by atoms with E-state index in [0.717, 1.165) is 7.11 Å². The van der Waals surface area contributed by atoms with Crippen molar-refractivity contribution in [2.45, 2.75) is 12.8 Å². The van der Waals surface area contributed by atoms with Crippen molar-refractivity contribution in [3.8, 4) is 5.75 Å². The van der Waals surface area contributed by atoms with Crippen LogP contribution in [0.4, 0.5) is 0 Å². The Labute approximate surface area is 204 Å². The maximum Gasteiger partial charge on any atom is 0.322 e. The van der Waals surface area contributed by atoms with Crippen LogP contribution >= 0.6 is 11.6 Å². The van der Waals surface area contributed by atoms with Gasteiger partial charge >= 0.3 is 5.97 Å². The van der Waals surface area contributed by atoms with Gasteiger partial charge in [-0.25, -0.2) is 0 Å². The van der Waals surface area contributed by atoms with Crippen molar-refractivity contribution in [2.75, 3.05) is 27.4 Å². The monoisotopic (exact) mass is 503 g/mol. The van der Waals surface area contributed by atoms with Crippen molar-refractivity contribution in [3.05, 3.63) is 74.4 Å². The van der Waals surface area contributed by atoms with E-state index in [4.69, 9.17) is 21.1 Å². The fourth-order valence-corrected chi connectivity index (χ4v) is 3.89. The molecule has 1 heterocycles. The van der Waals surface area contributed by atoms with E-state index in [9.17, 15) is 24.5 Å². The quantitative estimate of drug-likeness (QED) is 0.154. The minimum Gasteiger partial charge on any atom is -0.497 e. The van der Waals surface area contributed by atoms with Gasteiger partial charge < -0.3 is 19.6 Å². The number of halogens is 1. The number of methoxy groups -OCH3 is 2. The summed E-state index contributed by atoms with van der Waals surface area (Å²) in [5.41, 5.74) is 1.35. The third kappa shape index (κ3) is 5.35. The number of hydrogen-bond acceptors (Lipinski definition) is 8. The van der Waals surface area contributed by atoms with Gasteiger partial charge in [-0.2, -0.15) is 0 Å². The van der Waals surface area contributed by atoms with Gasteiger partial charge in [-0.1, -0.05) is 11.6 Å². The molecule has 0 bridgehead atoms. The second kappa shape index (κ2) is 10.9. The number of nitrogens with zero attached hydrogens (tertiary/aromatic N) is 2. The summed E-state index contributed by atoms with van der Waals surface area (Å²) in [6.45, 7) is 0.975. The van der Waals surface area contributed by atoms with Crippen LogP contribution < -0.4 is 10.1 Å². The molecule has 1 aromatic heterocycles. The highest BCUT2D eigenvalue weighted by molar-refractivity contribution is 6.30. The maximum absolute atomic E-state index is 13.5. The first-order valence-corrected chi connectivity index (χ1v) is 10.7. The molecule has 0 aliphatic carbocycles. The van der Waals surface area contributed by atoms with Crippen LogP contribution in [0.25, 0.3) is 10.9 Å². The van der Waals surface area contributed by atoms with Crippen molar-refractivity contribution in [2.24, 2.45) is 0 Å². The summed E-state index contributed by atoms with van der Waals surface area (Å²) in [7, 11) is 2.59. The van der Waals surface area contributed by atoms with Crippen molar-refractivity contribution >= 4 is 40.3 Å². The molecule has 1 N–H and O–H groups in total. The predicted molar refractivity (Wildman–Crippen MR) is 125 cm³/mol. The zero-order chi connectivity index (χ0) is 25.7. The molecule has 12 heteroatoms. The Morgan fingerprint density at radius 2 is 1.83 bits per heavy atom. The summed E-state index contributed by atoms with van der Waals surface area (Å²) < 4.78 is 11.6. The lowest BCUT2D eigenvalue weighted by Crippen LogP contribution is -2.36. The molecular weight excluding hydrogens is 482 g/mol. The summed E-state index contributed by atoms with van der Waals surface area (Å²) in [5, 5.41) is 12.7. The van der Waals surface area contributed by atoms with Gasteiger partial charge in [0.25, 0.3) is 11.0 Å². The maximum atomic E-state index is 13.5. The molecule has 0 fully saturated rings. The molecule has 11 nitrogen and oxygen atoms in total. The Morgan fingerprint density at radius 1 is 1.14 bits per heavy atom.